The number of aliphatic hydroxyl groups excluding tert-OH is 1. The molecule has 1 N–H and O–H groups in total. The second-order valence-corrected chi connectivity index (χ2v) is 7.01. The number of nitrogens with zero attached hydrogens (tertiary/aromatic N) is 3. The number of aliphatic hydroxyl groups is 1. The van der Waals surface area contributed by atoms with Crippen molar-refractivity contribution in [1.82, 2.24) is 9.55 Å². The van der Waals surface area contributed by atoms with Gasteiger partial charge in [-0.3, -0.25) is 10.1 Å². The third-order valence-electron chi connectivity index (χ3n) is 4.82. The Bertz CT molecular complexity index is 1140. The first-order chi connectivity index (χ1) is 14.6. The Balaban J connectivity index is 1.49. The maximum Gasteiger partial charge on any atom is 0.269 e. The normalized spacial score (nSPS) is 12.0. The molecule has 0 bridgehead atoms. The van der Waals surface area contributed by atoms with Crippen LogP contribution in [0.15, 0.2) is 78.9 Å². The van der Waals surface area contributed by atoms with Gasteiger partial charge in [0.1, 0.15) is 24.3 Å². The number of imidazole rings is 1. The fraction of sp³-hybridized carbons (Fsp3) is 0.174. The van der Waals surface area contributed by atoms with Crippen molar-refractivity contribution in [1.29, 1.82) is 0 Å². The number of fused-ring (bicyclic) bond motifs is 1. The van der Waals surface area contributed by atoms with E-state index in [4.69, 9.17) is 9.72 Å². The molecule has 0 radical (unpaired) electrons. The molecule has 3 aromatic carbocycles. The van der Waals surface area contributed by atoms with Gasteiger partial charge in [-0.15, -0.1) is 0 Å². The summed E-state index contributed by atoms with van der Waals surface area (Å²) in [6.45, 7) is 0.394. The number of ether oxygens (including phenoxy) is 1. The van der Waals surface area contributed by atoms with Crippen molar-refractivity contribution in [2.75, 3.05) is 6.61 Å². The second kappa shape index (κ2) is 8.75. The average molecular weight is 403 g/mol. The van der Waals surface area contributed by atoms with Crippen LogP contribution in [0.25, 0.3) is 11.0 Å². The smallest absolute Gasteiger partial charge is 0.269 e. The molecular formula is C23H21N3O4. The molecule has 0 fully saturated rings. The van der Waals surface area contributed by atoms with Crippen LogP contribution in [0.3, 0.4) is 0 Å². The first kappa shape index (κ1) is 19.6. The molecule has 30 heavy (non-hydrogen) atoms. The molecule has 0 aliphatic heterocycles. The first-order valence-electron chi connectivity index (χ1n) is 9.63. The molecule has 0 saturated heterocycles. The van der Waals surface area contributed by atoms with E-state index >= 15 is 0 Å². The highest BCUT2D eigenvalue weighted by Gasteiger charge is 2.15. The van der Waals surface area contributed by atoms with Gasteiger partial charge in [0.2, 0.25) is 0 Å². The number of nitro benzene ring substituents is 1. The average Bonchev–Trinajstić information content (AvgIpc) is 3.10. The molecule has 0 spiro atoms. The summed E-state index contributed by atoms with van der Waals surface area (Å²) < 4.78 is 7.64. The quantitative estimate of drug-likeness (QED) is 0.355. The molecule has 1 heterocycles. The minimum absolute atomic E-state index is 0.00154. The topological polar surface area (TPSA) is 90.4 Å². The van der Waals surface area contributed by atoms with E-state index in [1.807, 2.05) is 47.0 Å². The number of aromatic nitrogens is 2. The Kier molecular flexibility index (Phi) is 5.72. The van der Waals surface area contributed by atoms with Crippen LogP contribution in [0.4, 0.5) is 5.69 Å². The maximum atomic E-state index is 10.7. The largest absolute Gasteiger partial charge is 0.491 e. The van der Waals surface area contributed by atoms with Crippen LogP contribution in [-0.4, -0.2) is 32.3 Å². The molecule has 7 nitrogen and oxygen atoms in total. The molecule has 1 atom stereocenters. The van der Waals surface area contributed by atoms with Crippen molar-refractivity contribution in [2.24, 2.45) is 0 Å². The van der Waals surface area contributed by atoms with Gasteiger partial charge in [0.15, 0.2) is 0 Å². The van der Waals surface area contributed by atoms with Crippen molar-refractivity contribution >= 4 is 16.7 Å². The maximum absolute atomic E-state index is 10.7. The molecule has 7 heteroatoms. The van der Waals surface area contributed by atoms with Crippen LogP contribution in [0.2, 0.25) is 0 Å². The first-order valence-corrected chi connectivity index (χ1v) is 9.63. The molecule has 0 aliphatic carbocycles. The fourth-order valence-corrected chi connectivity index (χ4v) is 3.36. The Morgan fingerprint density at radius 1 is 1.00 bits per heavy atom. The Hall–Kier alpha value is -3.71. The summed E-state index contributed by atoms with van der Waals surface area (Å²) in [5.41, 5.74) is 2.98. The van der Waals surface area contributed by atoms with Crippen LogP contribution in [0, 0.1) is 10.1 Å². The number of rotatable bonds is 8. The summed E-state index contributed by atoms with van der Waals surface area (Å²) in [7, 11) is 0. The van der Waals surface area contributed by atoms with E-state index < -0.39 is 11.0 Å². The highest BCUT2D eigenvalue weighted by molar-refractivity contribution is 5.76. The summed E-state index contributed by atoms with van der Waals surface area (Å²) in [6.07, 6.45) is -0.113. The minimum atomic E-state index is -0.771. The Labute approximate surface area is 173 Å². The van der Waals surface area contributed by atoms with Gasteiger partial charge in [0.25, 0.3) is 5.69 Å². The van der Waals surface area contributed by atoms with Gasteiger partial charge in [-0.05, 0) is 29.8 Å². The lowest BCUT2D eigenvalue weighted by Gasteiger charge is -2.16. The summed E-state index contributed by atoms with van der Waals surface area (Å²) in [5.74, 6) is 1.34. The predicted molar refractivity (Wildman–Crippen MR) is 114 cm³/mol. The Morgan fingerprint density at radius 2 is 1.70 bits per heavy atom. The van der Waals surface area contributed by atoms with E-state index in [9.17, 15) is 15.2 Å². The number of para-hydroxylation sites is 2. The minimum Gasteiger partial charge on any atom is -0.491 e. The molecule has 0 aliphatic rings. The van der Waals surface area contributed by atoms with Crippen LogP contribution in [0.5, 0.6) is 5.75 Å². The number of nitro groups is 1. The van der Waals surface area contributed by atoms with Crippen LogP contribution < -0.4 is 4.74 Å². The lowest BCUT2D eigenvalue weighted by Crippen LogP contribution is -2.24. The SMILES string of the molecule is O=[N+]([O-])c1ccc(OC[C@@H](O)Cn2c(Cc3ccccc3)nc3ccccc32)cc1. The van der Waals surface area contributed by atoms with Gasteiger partial charge in [0.05, 0.1) is 22.5 Å². The van der Waals surface area contributed by atoms with E-state index in [0.717, 1.165) is 22.4 Å². The van der Waals surface area contributed by atoms with E-state index in [-0.39, 0.29) is 12.3 Å². The van der Waals surface area contributed by atoms with E-state index in [0.29, 0.717) is 18.7 Å². The van der Waals surface area contributed by atoms with Gasteiger partial charge >= 0.3 is 0 Å². The van der Waals surface area contributed by atoms with Crippen molar-refractivity contribution in [3.05, 3.63) is 100 Å². The molecule has 4 rings (SSSR count). The van der Waals surface area contributed by atoms with Crippen molar-refractivity contribution in [3.63, 3.8) is 0 Å². The molecule has 0 saturated carbocycles. The van der Waals surface area contributed by atoms with E-state index in [2.05, 4.69) is 12.1 Å². The van der Waals surface area contributed by atoms with Crippen molar-refractivity contribution in [2.45, 2.75) is 19.1 Å². The van der Waals surface area contributed by atoms with Gasteiger partial charge in [-0.25, -0.2) is 4.98 Å². The van der Waals surface area contributed by atoms with E-state index in [1.165, 1.54) is 24.3 Å². The van der Waals surface area contributed by atoms with Gasteiger partial charge < -0.3 is 14.4 Å². The van der Waals surface area contributed by atoms with Gasteiger partial charge in [0, 0.05) is 18.6 Å². The molecule has 1 aromatic heterocycles. The van der Waals surface area contributed by atoms with Crippen LogP contribution in [0.1, 0.15) is 11.4 Å². The molecule has 152 valence electrons. The fourth-order valence-electron chi connectivity index (χ4n) is 3.36. The highest BCUT2D eigenvalue weighted by atomic mass is 16.6. The molecule has 4 aromatic rings. The van der Waals surface area contributed by atoms with Crippen molar-refractivity contribution in [3.8, 4) is 5.75 Å². The monoisotopic (exact) mass is 403 g/mol. The second-order valence-electron chi connectivity index (χ2n) is 7.01. The Morgan fingerprint density at radius 3 is 2.43 bits per heavy atom. The standard InChI is InChI=1S/C23H21N3O4/c27-19(16-30-20-12-10-18(11-13-20)26(28)29)15-25-22-9-5-4-8-21(22)24-23(25)14-17-6-2-1-3-7-17/h1-13,19,27H,14-16H2/t19-/m0/s1. The summed E-state index contributed by atoms with van der Waals surface area (Å²) in [6, 6.07) is 23.7. The molecule has 0 amide bonds. The zero-order valence-corrected chi connectivity index (χ0v) is 16.2. The predicted octanol–water partition coefficient (Wildman–Crippen LogP) is 3.98. The van der Waals surface area contributed by atoms with Crippen LogP contribution in [-0.2, 0) is 13.0 Å². The highest BCUT2D eigenvalue weighted by Crippen LogP contribution is 2.20. The van der Waals surface area contributed by atoms with Crippen molar-refractivity contribution < 1.29 is 14.8 Å². The van der Waals surface area contributed by atoms with E-state index in [1.54, 1.807) is 0 Å². The van der Waals surface area contributed by atoms with Crippen LogP contribution >= 0.6 is 0 Å². The zero-order valence-electron chi connectivity index (χ0n) is 16.2. The number of hydrogen-bond donors (Lipinski definition) is 1. The van der Waals surface area contributed by atoms with Gasteiger partial charge in [-0.1, -0.05) is 42.5 Å². The third kappa shape index (κ3) is 4.47. The summed E-state index contributed by atoms with van der Waals surface area (Å²) in [5, 5.41) is 21.3. The lowest BCUT2D eigenvalue weighted by molar-refractivity contribution is -0.384. The summed E-state index contributed by atoms with van der Waals surface area (Å²) >= 11 is 0. The lowest BCUT2D eigenvalue weighted by atomic mass is 10.1. The van der Waals surface area contributed by atoms with Gasteiger partial charge in [-0.2, -0.15) is 0 Å². The molecule has 0 unspecified atom stereocenters. The third-order valence-corrected chi connectivity index (χ3v) is 4.82. The zero-order chi connectivity index (χ0) is 20.9. The molecular weight excluding hydrogens is 382 g/mol. The number of benzene rings is 3. The summed E-state index contributed by atoms with van der Waals surface area (Å²) in [4.78, 5) is 15.0. The number of hydrogen-bond acceptors (Lipinski definition) is 5. The number of non-ortho nitro benzene ring substituents is 1.